The number of carbonyl (C=O) groups excluding carboxylic acids is 2. The van der Waals surface area contributed by atoms with Crippen LogP contribution < -0.4 is 20.1 Å². The van der Waals surface area contributed by atoms with Crippen LogP contribution in [0.1, 0.15) is 49.9 Å². The van der Waals surface area contributed by atoms with E-state index in [2.05, 4.69) is 38.3 Å². The van der Waals surface area contributed by atoms with Gasteiger partial charge in [0.1, 0.15) is 11.5 Å². The summed E-state index contributed by atoms with van der Waals surface area (Å²) in [7, 11) is 0. The Kier molecular flexibility index (Phi) is 8.67. The van der Waals surface area contributed by atoms with Crippen molar-refractivity contribution >= 4 is 23.6 Å². The van der Waals surface area contributed by atoms with Gasteiger partial charge in [0.15, 0.2) is 0 Å². The van der Waals surface area contributed by atoms with Crippen LogP contribution in [0.3, 0.4) is 0 Å². The molecule has 0 heterocycles. The first-order valence-electron chi connectivity index (χ1n) is 13.1. The van der Waals surface area contributed by atoms with E-state index in [1.54, 1.807) is 24.3 Å². The van der Waals surface area contributed by atoms with Gasteiger partial charge in [0.05, 0.1) is 0 Å². The molecular formula is C33H34N2O4. The van der Waals surface area contributed by atoms with E-state index < -0.39 is 12.2 Å². The Bertz CT molecular complexity index is 1320. The summed E-state index contributed by atoms with van der Waals surface area (Å²) in [5.74, 6) is 0.913. The van der Waals surface area contributed by atoms with Crippen molar-refractivity contribution in [3.63, 3.8) is 0 Å². The van der Waals surface area contributed by atoms with Gasteiger partial charge in [-0.1, -0.05) is 76.2 Å². The number of anilines is 2. The zero-order chi connectivity index (χ0) is 27.8. The van der Waals surface area contributed by atoms with Gasteiger partial charge in [0, 0.05) is 16.8 Å². The molecule has 0 fully saturated rings. The average Bonchev–Trinajstić information content (AvgIpc) is 2.93. The Morgan fingerprint density at radius 3 is 1.36 bits per heavy atom. The minimum absolute atomic E-state index is 0.331. The summed E-state index contributed by atoms with van der Waals surface area (Å²) in [6, 6.07) is 30.3. The maximum absolute atomic E-state index is 12.4. The first-order chi connectivity index (χ1) is 18.8. The van der Waals surface area contributed by atoms with Crippen molar-refractivity contribution in [2.75, 3.05) is 10.6 Å². The van der Waals surface area contributed by atoms with Crippen molar-refractivity contribution in [2.45, 2.75) is 46.0 Å². The summed E-state index contributed by atoms with van der Waals surface area (Å²) in [5, 5.41) is 5.54. The molecule has 6 heteroatoms. The van der Waals surface area contributed by atoms with Crippen molar-refractivity contribution in [3.8, 4) is 11.5 Å². The van der Waals surface area contributed by atoms with Gasteiger partial charge < -0.3 is 9.47 Å². The zero-order valence-electron chi connectivity index (χ0n) is 22.8. The molecule has 2 N–H and O–H groups in total. The Balaban J connectivity index is 1.35. The molecule has 0 atom stereocenters. The molecule has 200 valence electrons. The van der Waals surface area contributed by atoms with Gasteiger partial charge in [-0.25, -0.2) is 9.59 Å². The maximum Gasteiger partial charge on any atom is 0.417 e. The molecule has 0 aliphatic heterocycles. The van der Waals surface area contributed by atoms with Crippen LogP contribution in [0.5, 0.6) is 11.5 Å². The third-order valence-electron chi connectivity index (χ3n) is 6.74. The summed E-state index contributed by atoms with van der Waals surface area (Å²) >= 11 is 0. The second kappa shape index (κ2) is 12.3. The van der Waals surface area contributed by atoms with E-state index in [4.69, 9.17) is 9.47 Å². The molecule has 0 radical (unpaired) electrons. The number of hydrogen-bond acceptors (Lipinski definition) is 4. The van der Waals surface area contributed by atoms with Crippen LogP contribution in [0, 0.1) is 0 Å². The number of amides is 2. The SMILES string of the molecule is CCc1cccc(NC(=O)Oc2ccc(C(C)(C)c3ccc(OC(=O)Nc4cccc(CC)c4)cc3)cc2)c1. The smallest absolute Gasteiger partial charge is 0.410 e. The van der Waals surface area contributed by atoms with Crippen LogP contribution in [0.2, 0.25) is 0 Å². The first-order valence-corrected chi connectivity index (χ1v) is 13.1. The van der Waals surface area contributed by atoms with Crippen molar-refractivity contribution in [3.05, 3.63) is 119 Å². The molecule has 4 aromatic rings. The number of ether oxygens (including phenoxy) is 2. The van der Waals surface area contributed by atoms with Gasteiger partial charge in [-0.3, -0.25) is 10.6 Å². The number of benzene rings is 4. The monoisotopic (exact) mass is 522 g/mol. The van der Waals surface area contributed by atoms with Crippen LogP contribution in [-0.4, -0.2) is 12.2 Å². The highest BCUT2D eigenvalue weighted by molar-refractivity contribution is 5.87. The van der Waals surface area contributed by atoms with Gasteiger partial charge in [-0.15, -0.1) is 0 Å². The van der Waals surface area contributed by atoms with E-state index >= 15 is 0 Å². The van der Waals surface area contributed by atoms with Gasteiger partial charge in [0.2, 0.25) is 0 Å². The van der Waals surface area contributed by atoms with Crippen molar-refractivity contribution in [1.29, 1.82) is 0 Å². The summed E-state index contributed by atoms with van der Waals surface area (Å²) in [6.45, 7) is 8.35. The lowest BCUT2D eigenvalue weighted by Gasteiger charge is -2.26. The fourth-order valence-corrected chi connectivity index (χ4v) is 4.28. The quantitative estimate of drug-likeness (QED) is 0.244. The van der Waals surface area contributed by atoms with Crippen LogP contribution >= 0.6 is 0 Å². The molecule has 39 heavy (non-hydrogen) atoms. The van der Waals surface area contributed by atoms with Gasteiger partial charge in [-0.05, 0) is 83.6 Å². The number of nitrogens with one attached hydrogen (secondary N) is 2. The zero-order valence-corrected chi connectivity index (χ0v) is 22.8. The predicted molar refractivity (Wildman–Crippen MR) is 156 cm³/mol. The Labute approximate surface area is 230 Å². The number of hydrogen-bond donors (Lipinski definition) is 2. The molecule has 0 saturated carbocycles. The Morgan fingerprint density at radius 2 is 1.00 bits per heavy atom. The third-order valence-corrected chi connectivity index (χ3v) is 6.74. The predicted octanol–water partition coefficient (Wildman–Crippen LogP) is 8.36. The fraction of sp³-hybridized carbons (Fsp3) is 0.212. The normalized spacial score (nSPS) is 11.0. The minimum atomic E-state index is -0.534. The van der Waals surface area contributed by atoms with E-state index in [9.17, 15) is 9.59 Å². The molecule has 0 bridgehead atoms. The molecule has 0 spiro atoms. The number of rotatable bonds is 8. The molecule has 0 unspecified atom stereocenters. The van der Waals surface area contributed by atoms with Gasteiger partial charge in [-0.2, -0.15) is 0 Å². The third kappa shape index (κ3) is 7.26. The molecule has 4 aromatic carbocycles. The van der Waals surface area contributed by atoms with Gasteiger partial charge in [0.25, 0.3) is 0 Å². The maximum atomic E-state index is 12.4. The minimum Gasteiger partial charge on any atom is -0.410 e. The number of aryl methyl sites for hydroxylation is 2. The van der Waals surface area contributed by atoms with Crippen LogP contribution in [0.25, 0.3) is 0 Å². The second-order valence-electron chi connectivity index (χ2n) is 9.81. The average molecular weight is 523 g/mol. The lowest BCUT2D eigenvalue weighted by molar-refractivity contribution is 0.214. The van der Waals surface area contributed by atoms with E-state index in [1.807, 2.05) is 72.8 Å². The van der Waals surface area contributed by atoms with Crippen molar-refractivity contribution in [2.24, 2.45) is 0 Å². The van der Waals surface area contributed by atoms with Crippen LogP contribution in [0.4, 0.5) is 21.0 Å². The van der Waals surface area contributed by atoms with Crippen molar-refractivity contribution in [1.82, 2.24) is 0 Å². The summed E-state index contributed by atoms with van der Waals surface area (Å²) in [6.07, 6.45) is 0.711. The highest BCUT2D eigenvalue weighted by Gasteiger charge is 2.23. The first kappa shape index (κ1) is 27.5. The Morgan fingerprint density at radius 1 is 0.615 bits per heavy atom. The standard InChI is InChI=1S/C33H34N2O4/c1-5-23-9-7-11-27(21-23)34-31(36)38-29-17-13-25(14-18-29)33(3,4)26-15-19-30(20-16-26)39-32(37)35-28-12-8-10-24(6-2)22-28/h7-22H,5-6H2,1-4H3,(H,34,36)(H,35,37). The lowest BCUT2D eigenvalue weighted by Crippen LogP contribution is -2.20. The van der Waals surface area contributed by atoms with Gasteiger partial charge >= 0.3 is 12.2 Å². The summed E-state index contributed by atoms with van der Waals surface area (Å²) in [4.78, 5) is 24.7. The lowest BCUT2D eigenvalue weighted by atomic mass is 9.78. The molecule has 0 saturated heterocycles. The summed E-state index contributed by atoms with van der Waals surface area (Å²) in [5.41, 5.74) is 5.45. The highest BCUT2D eigenvalue weighted by atomic mass is 16.6. The topological polar surface area (TPSA) is 76.7 Å². The Hall–Kier alpha value is -4.58. The van der Waals surface area contributed by atoms with E-state index in [0.29, 0.717) is 22.9 Å². The van der Waals surface area contributed by atoms with E-state index in [0.717, 1.165) is 35.1 Å². The molecule has 0 aromatic heterocycles. The van der Waals surface area contributed by atoms with E-state index in [-0.39, 0.29) is 5.41 Å². The van der Waals surface area contributed by atoms with Crippen LogP contribution in [-0.2, 0) is 18.3 Å². The molecule has 6 nitrogen and oxygen atoms in total. The molecule has 2 amide bonds. The second-order valence-corrected chi connectivity index (χ2v) is 9.81. The molecule has 4 rings (SSSR count). The molecule has 0 aliphatic carbocycles. The fourth-order valence-electron chi connectivity index (χ4n) is 4.28. The van der Waals surface area contributed by atoms with Crippen LogP contribution in [0.15, 0.2) is 97.1 Å². The molecular weight excluding hydrogens is 488 g/mol. The van der Waals surface area contributed by atoms with E-state index in [1.165, 1.54) is 0 Å². The highest BCUT2D eigenvalue weighted by Crippen LogP contribution is 2.33. The molecule has 0 aliphatic rings. The summed E-state index contributed by atoms with van der Waals surface area (Å²) < 4.78 is 10.9. The largest absolute Gasteiger partial charge is 0.417 e. The van der Waals surface area contributed by atoms with Crippen molar-refractivity contribution < 1.29 is 19.1 Å². The number of carbonyl (C=O) groups is 2.